The minimum absolute atomic E-state index is 0.135. The lowest BCUT2D eigenvalue weighted by molar-refractivity contribution is 0.299. The number of hydrogen-bond acceptors (Lipinski definition) is 5. The van der Waals surface area contributed by atoms with E-state index in [9.17, 15) is 4.79 Å². The van der Waals surface area contributed by atoms with Gasteiger partial charge in [-0.3, -0.25) is 4.79 Å². The topological polar surface area (TPSA) is 69.8 Å². The van der Waals surface area contributed by atoms with Crippen molar-refractivity contribution >= 4 is 28.2 Å². The summed E-state index contributed by atoms with van der Waals surface area (Å²) in [5.74, 6) is 1.20. The van der Waals surface area contributed by atoms with Crippen molar-refractivity contribution in [1.29, 1.82) is 0 Å². The molecule has 0 saturated heterocycles. The van der Waals surface area contributed by atoms with Crippen LogP contribution in [-0.2, 0) is 13.0 Å². The third kappa shape index (κ3) is 7.94. The Bertz CT molecular complexity index is 1240. The van der Waals surface area contributed by atoms with Gasteiger partial charge in [0.05, 0.1) is 26.3 Å². The molecule has 0 aliphatic rings. The number of hydrogen-bond donors (Lipinski definition) is 2. The van der Waals surface area contributed by atoms with Crippen LogP contribution in [0.4, 0.5) is 0 Å². The van der Waals surface area contributed by atoms with Crippen LogP contribution in [0.5, 0.6) is 11.5 Å². The summed E-state index contributed by atoms with van der Waals surface area (Å²) < 4.78 is 10.8. The number of benzene rings is 2. The quantitative estimate of drug-likeness (QED) is 0.252. The Hall–Kier alpha value is -3.10. The minimum Gasteiger partial charge on any atom is -0.493 e. The fraction of sp³-hybridized carbons (Fsp3) is 0.448. The van der Waals surface area contributed by atoms with Crippen LogP contribution in [0.25, 0.3) is 10.9 Å². The molecule has 0 atom stereocenters. The maximum Gasteiger partial charge on any atom is 0.253 e. The Labute approximate surface area is 225 Å². The van der Waals surface area contributed by atoms with E-state index in [4.69, 9.17) is 21.7 Å². The summed E-state index contributed by atoms with van der Waals surface area (Å²) in [5.41, 5.74) is 3.70. The summed E-state index contributed by atoms with van der Waals surface area (Å²) >= 11 is 5.82. The lowest BCUT2D eigenvalue weighted by Gasteiger charge is -2.26. The molecule has 7 nitrogen and oxygen atoms in total. The fourth-order valence-corrected chi connectivity index (χ4v) is 4.69. The SMILES string of the molecule is CCN(CC)CCCNC(=S)N(CCc1cccc(C)c1)Cc1cc2cc(OC)c(OC)cc2[nH]c1=O. The second-order valence-electron chi connectivity index (χ2n) is 9.19. The van der Waals surface area contributed by atoms with Gasteiger partial charge in [-0.05, 0) is 69.3 Å². The van der Waals surface area contributed by atoms with Gasteiger partial charge >= 0.3 is 0 Å². The normalized spacial score (nSPS) is 11.1. The van der Waals surface area contributed by atoms with Gasteiger partial charge in [-0.25, -0.2) is 0 Å². The number of aromatic nitrogens is 1. The third-order valence-corrected chi connectivity index (χ3v) is 7.05. The van der Waals surface area contributed by atoms with E-state index in [2.05, 4.69) is 65.1 Å². The average Bonchev–Trinajstić information content (AvgIpc) is 2.90. The lowest BCUT2D eigenvalue weighted by Crippen LogP contribution is -2.42. The smallest absolute Gasteiger partial charge is 0.253 e. The Kier molecular flexibility index (Phi) is 10.8. The Morgan fingerprint density at radius 3 is 2.43 bits per heavy atom. The molecule has 0 bridgehead atoms. The summed E-state index contributed by atoms with van der Waals surface area (Å²) in [6.45, 7) is 11.5. The van der Waals surface area contributed by atoms with Gasteiger partial charge in [0, 0.05) is 30.1 Å². The molecular weight excluding hydrogens is 484 g/mol. The molecule has 3 aromatic rings. The van der Waals surface area contributed by atoms with Gasteiger partial charge in [0.15, 0.2) is 16.6 Å². The maximum absolute atomic E-state index is 13.0. The van der Waals surface area contributed by atoms with Gasteiger partial charge in [0.25, 0.3) is 5.56 Å². The van der Waals surface area contributed by atoms with E-state index in [-0.39, 0.29) is 5.56 Å². The van der Waals surface area contributed by atoms with Crippen LogP contribution in [0, 0.1) is 6.92 Å². The maximum atomic E-state index is 13.0. The van der Waals surface area contributed by atoms with Crippen molar-refractivity contribution in [3.63, 3.8) is 0 Å². The van der Waals surface area contributed by atoms with Crippen molar-refractivity contribution in [3.05, 3.63) is 69.5 Å². The zero-order chi connectivity index (χ0) is 26.8. The van der Waals surface area contributed by atoms with E-state index in [1.165, 1.54) is 11.1 Å². The van der Waals surface area contributed by atoms with E-state index in [0.29, 0.717) is 40.8 Å². The number of fused-ring (bicyclic) bond motifs is 1. The molecule has 0 unspecified atom stereocenters. The summed E-state index contributed by atoms with van der Waals surface area (Å²) in [4.78, 5) is 20.5. The van der Waals surface area contributed by atoms with Crippen molar-refractivity contribution in [2.75, 3.05) is 46.9 Å². The second kappa shape index (κ2) is 14.0. The van der Waals surface area contributed by atoms with Crippen LogP contribution in [0.3, 0.4) is 0 Å². The highest BCUT2D eigenvalue weighted by Gasteiger charge is 2.15. The molecule has 3 rings (SSSR count). The summed E-state index contributed by atoms with van der Waals surface area (Å²) in [5, 5.41) is 4.97. The number of H-pyrrole nitrogens is 1. The van der Waals surface area contributed by atoms with E-state index in [1.54, 1.807) is 20.3 Å². The first-order valence-corrected chi connectivity index (χ1v) is 13.4. The van der Waals surface area contributed by atoms with Gasteiger partial charge in [-0.1, -0.05) is 43.7 Å². The highest BCUT2D eigenvalue weighted by molar-refractivity contribution is 7.80. The number of nitrogens with zero attached hydrogens (tertiary/aromatic N) is 2. The number of ether oxygens (including phenoxy) is 2. The number of aryl methyl sites for hydroxylation is 1. The third-order valence-electron chi connectivity index (χ3n) is 6.65. The van der Waals surface area contributed by atoms with E-state index < -0.39 is 0 Å². The highest BCUT2D eigenvalue weighted by Crippen LogP contribution is 2.31. The number of methoxy groups -OCH3 is 2. The van der Waals surface area contributed by atoms with Crippen LogP contribution in [0.2, 0.25) is 0 Å². The molecule has 37 heavy (non-hydrogen) atoms. The summed E-state index contributed by atoms with van der Waals surface area (Å²) in [7, 11) is 3.19. The molecule has 2 N–H and O–H groups in total. The molecule has 0 spiro atoms. The number of nitrogens with one attached hydrogen (secondary N) is 2. The monoisotopic (exact) mass is 524 g/mol. The highest BCUT2D eigenvalue weighted by atomic mass is 32.1. The van der Waals surface area contributed by atoms with Gasteiger partial charge in [0.2, 0.25) is 0 Å². The van der Waals surface area contributed by atoms with Crippen LogP contribution >= 0.6 is 12.2 Å². The van der Waals surface area contributed by atoms with Crippen LogP contribution in [0.1, 0.15) is 37.0 Å². The predicted octanol–water partition coefficient (Wildman–Crippen LogP) is 4.50. The molecule has 0 radical (unpaired) electrons. The number of pyridine rings is 1. The average molecular weight is 525 g/mol. The summed E-state index contributed by atoms with van der Waals surface area (Å²) in [6, 6.07) is 14.1. The Balaban J connectivity index is 1.80. The Morgan fingerprint density at radius 2 is 1.76 bits per heavy atom. The Morgan fingerprint density at radius 1 is 1.03 bits per heavy atom. The first-order chi connectivity index (χ1) is 17.9. The van der Waals surface area contributed by atoms with Crippen molar-refractivity contribution in [1.82, 2.24) is 20.1 Å². The van der Waals surface area contributed by atoms with Crippen LogP contribution in [-0.4, -0.2) is 66.8 Å². The van der Waals surface area contributed by atoms with Crippen molar-refractivity contribution in [2.24, 2.45) is 0 Å². The van der Waals surface area contributed by atoms with E-state index in [1.807, 2.05) is 12.1 Å². The zero-order valence-corrected chi connectivity index (χ0v) is 23.5. The minimum atomic E-state index is -0.135. The molecule has 2 aromatic carbocycles. The molecule has 0 fully saturated rings. The predicted molar refractivity (Wildman–Crippen MR) is 156 cm³/mol. The number of rotatable bonds is 13. The molecular formula is C29H40N4O3S. The van der Waals surface area contributed by atoms with Crippen molar-refractivity contribution in [3.8, 4) is 11.5 Å². The first kappa shape index (κ1) is 28.5. The molecule has 1 aromatic heterocycles. The van der Waals surface area contributed by atoms with Gasteiger partial charge in [-0.2, -0.15) is 0 Å². The molecule has 8 heteroatoms. The standard InChI is InChI=1S/C29H40N4O3S/c1-6-32(7-2)14-9-13-30-29(37)33(15-12-22-11-8-10-21(3)16-22)20-24-17-23-18-26(35-4)27(36-5)19-25(23)31-28(24)34/h8,10-11,16-19H,6-7,9,12-15,20H2,1-5H3,(H,30,37)(H,31,34). The number of thiocarbonyl (C=S) groups is 1. The van der Waals surface area contributed by atoms with Crippen molar-refractivity contribution in [2.45, 2.75) is 40.2 Å². The lowest BCUT2D eigenvalue weighted by atomic mass is 10.1. The second-order valence-corrected chi connectivity index (χ2v) is 9.58. The first-order valence-electron chi connectivity index (χ1n) is 13.0. The molecule has 0 amide bonds. The molecule has 0 aliphatic heterocycles. The fourth-order valence-electron chi connectivity index (χ4n) is 4.44. The van der Waals surface area contributed by atoms with Crippen LogP contribution in [0.15, 0.2) is 47.3 Å². The molecule has 0 saturated carbocycles. The van der Waals surface area contributed by atoms with E-state index >= 15 is 0 Å². The van der Waals surface area contributed by atoms with Gasteiger partial charge in [0.1, 0.15) is 0 Å². The molecule has 1 heterocycles. The number of aromatic amines is 1. The largest absolute Gasteiger partial charge is 0.493 e. The molecule has 200 valence electrons. The van der Waals surface area contributed by atoms with Gasteiger partial charge in [-0.15, -0.1) is 0 Å². The zero-order valence-electron chi connectivity index (χ0n) is 22.7. The molecule has 0 aliphatic carbocycles. The van der Waals surface area contributed by atoms with Crippen LogP contribution < -0.4 is 20.3 Å². The van der Waals surface area contributed by atoms with E-state index in [0.717, 1.165) is 44.4 Å². The summed E-state index contributed by atoms with van der Waals surface area (Å²) in [6.07, 6.45) is 1.84. The van der Waals surface area contributed by atoms with Gasteiger partial charge < -0.3 is 29.6 Å². The van der Waals surface area contributed by atoms with Crippen molar-refractivity contribution < 1.29 is 9.47 Å².